The second-order valence-corrected chi connectivity index (χ2v) is 4.77. The van der Waals surface area contributed by atoms with Crippen LogP contribution in [0.4, 0.5) is 0 Å². The van der Waals surface area contributed by atoms with Crippen LogP contribution in [0.3, 0.4) is 0 Å². The Bertz CT molecular complexity index is 891. The predicted molar refractivity (Wildman–Crippen MR) is 79.3 cm³/mol. The van der Waals surface area contributed by atoms with E-state index in [2.05, 4.69) is 58.5 Å². The standard InChI is InChI=1S/C17H12N2/c1-11-18-10-16-14-8-3-2-6-12(14)13-7-4-5-9-15(13)17(16)19-11/h2-10H,1H3. The minimum absolute atomic E-state index is 0.813. The summed E-state index contributed by atoms with van der Waals surface area (Å²) in [7, 11) is 0. The van der Waals surface area contributed by atoms with Gasteiger partial charge in [-0.15, -0.1) is 0 Å². The van der Waals surface area contributed by atoms with Crippen molar-refractivity contribution < 1.29 is 0 Å². The van der Waals surface area contributed by atoms with Gasteiger partial charge in [0.05, 0.1) is 5.52 Å². The second-order valence-electron chi connectivity index (χ2n) is 4.77. The van der Waals surface area contributed by atoms with Crippen molar-refractivity contribution in [2.45, 2.75) is 6.92 Å². The Morgan fingerprint density at radius 1 is 0.684 bits per heavy atom. The van der Waals surface area contributed by atoms with Crippen LogP contribution >= 0.6 is 0 Å². The minimum atomic E-state index is 0.813. The molecule has 90 valence electrons. The third kappa shape index (κ3) is 1.43. The van der Waals surface area contributed by atoms with Gasteiger partial charge < -0.3 is 0 Å². The molecule has 1 aromatic heterocycles. The van der Waals surface area contributed by atoms with Gasteiger partial charge in [-0.1, -0.05) is 48.5 Å². The lowest BCUT2D eigenvalue weighted by Gasteiger charge is -2.09. The summed E-state index contributed by atoms with van der Waals surface area (Å²) in [6.45, 7) is 1.93. The van der Waals surface area contributed by atoms with Gasteiger partial charge in [0.25, 0.3) is 0 Å². The molecule has 2 nitrogen and oxygen atoms in total. The lowest BCUT2D eigenvalue weighted by atomic mass is 9.98. The Balaban J connectivity index is 2.43. The summed E-state index contributed by atoms with van der Waals surface area (Å²) in [6, 6.07) is 16.9. The average molecular weight is 244 g/mol. The molecular weight excluding hydrogens is 232 g/mol. The zero-order valence-electron chi connectivity index (χ0n) is 10.6. The summed E-state index contributed by atoms with van der Waals surface area (Å²) in [5.41, 5.74) is 1.04. The van der Waals surface area contributed by atoms with E-state index in [1.54, 1.807) is 0 Å². The van der Waals surface area contributed by atoms with E-state index in [9.17, 15) is 0 Å². The summed E-state index contributed by atoms with van der Waals surface area (Å²) in [5, 5.41) is 6.06. The molecule has 0 amide bonds. The Morgan fingerprint density at radius 3 is 1.89 bits per heavy atom. The molecule has 4 rings (SSSR count). The number of fused-ring (bicyclic) bond motifs is 6. The largest absolute Gasteiger partial charge is 0.241 e. The predicted octanol–water partition coefficient (Wildman–Crippen LogP) is 4.24. The van der Waals surface area contributed by atoms with Crippen molar-refractivity contribution >= 4 is 32.4 Å². The molecular formula is C17H12N2. The molecule has 1 heterocycles. The molecule has 19 heavy (non-hydrogen) atoms. The normalized spacial score (nSPS) is 11.4. The molecule has 0 atom stereocenters. The number of aryl methyl sites for hydroxylation is 1. The van der Waals surface area contributed by atoms with Gasteiger partial charge in [-0.2, -0.15) is 0 Å². The van der Waals surface area contributed by atoms with Gasteiger partial charge in [0.1, 0.15) is 5.82 Å². The van der Waals surface area contributed by atoms with Gasteiger partial charge in [-0.25, -0.2) is 9.97 Å². The molecule has 0 N–H and O–H groups in total. The fourth-order valence-corrected chi connectivity index (χ4v) is 2.75. The highest BCUT2D eigenvalue weighted by atomic mass is 14.9. The monoisotopic (exact) mass is 244 g/mol. The number of benzene rings is 3. The van der Waals surface area contributed by atoms with E-state index < -0.39 is 0 Å². The van der Waals surface area contributed by atoms with Crippen LogP contribution in [0.5, 0.6) is 0 Å². The summed E-state index contributed by atoms with van der Waals surface area (Å²) in [4.78, 5) is 9.00. The van der Waals surface area contributed by atoms with E-state index in [0.29, 0.717) is 0 Å². The molecule has 0 saturated carbocycles. The SMILES string of the molecule is Cc1ncc2c3ccccc3c3ccccc3c2n1. The highest BCUT2D eigenvalue weighted by Gasteiger charge is 2.08. The van der Waals surface area contributed by atoms with Gasteiger partial charge in [-0.3, -0.25) is 0 Å². The van der Waals surface area contributed by atoms with Crippen molar-refractivity contribution in [3.63, 3.8) is 0 Å². The molecule has 4 aromatic rings. The maximum Gasteiger partial charge on any atom is 0.125 e. The molecule has 0 aliphatic carbocycles. The number of hydrogen-bond acceptors (Lipinski definition) is 2. The second kappa shape index (κ2) is 3.75. The molecule has 3 aromatic carbocycles. The summed E-state index contributed by atoms with van der Waals surface area (Å²) in [5.74, 6) is 0.813. The molecule has 0 unspecified atom stereocenters. The summed E-state index contributed by atoms with van der Waals surface area (Å²) in [6.07, 6.45) is 1.94. The maximum atomic E-state index is 4.64. The van der Waals surface area contributed by atoms with E-state index in [0.717, 1.165) is 16.7 Å². The van der Waals surface area contributed by atoms with Gasteiger partial charge >= 0.3 is 0 Å². The van der Waals surface area contributed by atoms with Crippen LogP contribution < -0.4 is 0 Å². The third-order valence-corrected chi connectivity index (χ3v) is 3.60. The topological polar surface area (TPSA) is 25.8 Å². The Hall–Kier alpha value is -2.48. The van der Waals surface area contributed by atoms with Crippen LogP contribution in [0.1, 0.15) is 5.82 Å². The molecule has 0 fully saturated rings. The first-order valence-electron chi connectivity index (χ1n) is 6.37. The molecule has 0 aliphatic rings. The average Bonchev–Trinajstić information content (AvgIpc) is 2.47. The summed E-state index contributed by atoms with van der Waals surface area (Å²) >= 11 is 0. The lowest BCUT2D eigenvalue weighted by Crippen LogP contribution is -1.90. The quantitative estimate of drug-likeness (QED) is 0.432. The fraction of sp³-hybridized carbons (Fsp3) is 0.0588. The van der Waals surface area contributed by atoms with Crippen molar-refractivity contribution in [3.05, 3.63) is 60.6 Å². The van der Waals surface area contributed by atoms with Gasteiger partial charge in [-0.05, 0) is 23.1 Å². The van der Waals surface area contributed by atoms with Crippen LogP contribution in [0.15, 0.2) is 54.7 Å². The van der Waals surface area contributed by atoms with Crippen LogP contribution in [0.25, 0.3) is 32.4 Å². The number of nitrogens with zero attached hydrogens (tertiary/aromatic N) is 2. The van der Waals surface area contributed by atoms with E-state index in [1.807, 2.05) is 13.1 Å². The first-order chi connectivity index (χ1) is 9.34. The van der Waals surface area contributed by atoms with E-state index >= 15 is 0 Å². The first kappa shape index (κ1) is 10.4. The molecule has 0 bridgehead atoms. The number of rotatable bonds is 0. The Kier molecular flexibility index (Phi) is 2.06. The maximum absolute atomic E-state index is 4.64. The highest BCUT2D eigenvalue weighted by Crippen LogP contribution is 2.33. The van der Waals surface area contributed by atoms with E-state index in [-0.39, 0.29) is 0 Å². The first-order valence-corrected chi connectivity index (χ1v) is 6.37. The summed E-state index contributed by atoms with van der Waals surface area (Å²) < 4.78 is 0. The number of aromatic nitrogens is 2. The van der Waals surface area contributed by atoms with Crippen molar-refractivity contribution in [1.29, 1.82) is 0 Å². The van der Waals surface area contributed by atoms with Crippen molar-refractivity contribution in [1.82, 2.24) is 9.97 Å². The van der Waals surface area contributed by atoms with E-state index in [4.69, 9.17) is 0 Å². The smallest absolute Gasteiger partial charge is 0.125 e. The molecule has 0 radical (unpaired) electrons. The molecule has 0 spiro atoms. The Labute approximate surface area is 110 Å². The van der Waals surface area contributed by atoms with Gasteiger partial charge in [0.15, 0.2) is 0 Å². The zero-order valence-corrected chi connectivity index (χ0v) is 10.6. The third-order valence-electron chi connectivity index (χ3n) is 3.60. The fourth-order valence-electron chi connectivity index (χ4n) is 2.75. The molecule has 0 saturated heterocycles. The minimum Gasteiger partial charge on any atom is -0.241 e. The van der Waals surface area contributed by atoms with E-state index in [1.165, 1.54) is 21.5 Å². The van der Waals surface area contributed by atoms with Gasteiger partial charge in [0, 0.05) is 17.0 Å². The molecule has 2 heteroatoms. The lowest BCUT2D eigenvalue weighted by molar-refractivity contribution is 1.10. The highest BCUT2D eigenvalue weighted by molar-refractivity contribution is 6.23. The molecule has 0 aliphatic heterocycles. The van der Waals surface area contributed by atoms with Gasteiger partial charge in [0.2, 0.25) is 0 Å². The van der Waals surface area contributed by atoms with Crippen LogP contribution in [0.2, 0.25) is 0 Å². The van der Waals surface area contributed by atoms with Crippen LogP contribution in [0, 0.1) is 6.92 Å². The van der Waals surface area contributed by atoms with Crippen LogP contribution in [-0.2, 0) is 0 Å². The van der Waals surface area contributed by atoms with Crippen molar-refractivity contribution in [2.75, 3.05) is 0 Å². The van der Waals surface area contributed by atoms with Crippen molar-refractivity contribution in [3.8, 4) is 0 Å². The van der Waals surface area contributed by atoms with Crippen molar-refractivity contribution in [2.24, 2.45) is 0 Å². The number of hydrogen-bond donors (Lipinski definition) is 0. The zero-order chi connectivity index (χ0) is 12.8. The van der Waals surface area contributed by atoms with Crippen LogP contribution in [-0.4, -0.2) is 9.97 Å². The Morgan fingerprint density at radius 2 is 1.21 bits per heavy atom.